The molecule has 0 fully saturated rings. The lowest BCUT2D eigenvalue weighted by atomic mass is 10.0. The molecule has 0 saturated heterocycles. The molecule has 2 N–H and O–H groups in total. The number of hydrogen-bond acceptors (Lipinski definition) is 4. The maximum absolute atomic E-state index is 10.7. The summed E-state index contributed by atoms with van der Waals surface area (Å²) in [5.41, 5.74) is 7.74. The Balaban J connectivity index is 2.44. The number of rotatable bonds is 3. The molecule has 1 aromatic heterocycles. The molecule has 1 unspecified atom stereocenters. The van der Waals surface area contributed by atoms with E-state index in [9.17, 15) is 10.1 Å². The van der Waals surface area contributed by atoms with E-state index in [0.29, 0.717) is 0 Å². The first kappa shape index (κ1) is 12.1. The van der Waals surface area contributed by atoms with Crippen LogP contribution in [-0.4, -0.2) is 14.7 Å². The minimum absolute atomic E-state index is 0.0794. The Morgan fingerprint density at radius 1 is 1.44 bits per heavy atom. The molecule has 6 nitrogen and oxygen atoms in total. The van der Waals surface area contributed by atoms with E-state index in [4.69, 9.17) is 5.73 Å². The van der Waals surface area contributed by atoms with Crippen LogP contribution in [0.5, 0.6) is 0 Å². The lowest BCUT2D eigenvalue weighted by molar-refractivity contribution is -0.384. The SMILES string of the molecule is Cc1ccccc1C(C)n1ncc([N+](=O)[O-])c1N. The first-order valence-electron chi connectivity index (χ1n) is 5.55. The average Bonchev–Trinajstić information content (AvgIpc) is 2.71. The predicted molar refractivity (Wildman–Crippen MR) is 68.3 cm³/mol. The van der Waals surface area contributed by atoms with Crippen LogP contribution in [0.2, 0.25) is 0 Å². The van der Waals surface area contributed by atoms with Gasteiger partial charge < -0.3 is 5.73 Å². The van der Waals surface area contributed by atoms with Gasteiger partial charge in [-0.1, -0.05) is 24.3 Å². The van der Waals surface area contributed by atoms with Crippen molar-refractivity contribution in [3.05, 3.63) is 51.7 Å². The van der Waals surface area contributed by atoms with Crippen molar-refractivity contribution in [3.8, 4) is 0 Å². The van der Waals surface area contributed by atoms with Crippen molar-refractivity contribution in [1.29, 1.82) is 0 Å². The number of hydrogen-bond donors (Lipinski definition) is 1. The zero-order valence-electron chi connectivity index (χ0n) is 10.2. The number of anilines is 1. The van der Waals surface area contributed by atoms with Gasteiger partial charge in [0.25, 0.3) is 0 Å². The molecule has 0 spiro atoms. The molecule has 0 aliphatic heterocycles. The maximum atomic E-state index is 10.7. The van der Waals surface area contributed by atoms with Crippen LogP contribution in [0.4, 0.5) is 11.5 Å². The molecule has 1 heterocycles. The van der Waals surface area contributed by atoms with Gasteiger partial charge in [-0.15, -0.1) is 0 Å². The predicted octanol–water partition coefficient (Wildman–Crippen LogP) is 2.29. The Hall–Kier alpha value is -2.37. The molecule has 2 rings (SSSR count). The van der Waals surface area contributed by atoms with Gasteiger partial charge in [0.2, 0.25) is 5.82 Å². The molecule has 1 atom stereocenters. The lowest BCUT2D eigenvalue weighted by Crippen LogP contribution is -2.12. The molecule has 0 aliphatic carbocycles. The van der Waals surface area contributed by atoms with Crippen LogP contribution in [0.15, 0.2) is 30.5 Å². The third-order valence-electron chi connectivity index (χ3n) is 3.02. The van der Waals surface area contributed by atoms with E-state index in [2.05, 4.69) is 5.10 Å². The second kappa shape index (κ2) is 4.48. The highest BCUT2D eigenvalue weighted by Crippen LogP contribution is 2.28. The summed E-state index contributed by atoms with van der Waals surface area (Å²) in [6.07, 6.45) is 1.18. The van der Waals surface area contributed by atoms with Crippen molar-refractivity contribution in [2.75, 3.05) is 5.73 Å². The molecule has 0 bridgehead atoms. The third kappa shape index (κ3) is 1.92. The van der Waals surface area contributed by atoms with Gasteiger partial charge in [0.1, 0.15) is 6.20 Å². The van der Waals surface area contributed by atoms with E-state index in [-0.39, 0.29) is 17.5 Å². The number of nitrogens with two attached hydrogens (primary N) is 1. The van der Waals surface area contributed by atoms with E-state index >= 15 is 0 Å². The number of aromatic nitrogens is 2. The van der Waals surface area contributed by atoms with Crippen molar-refractivity contribution in [1.82, 2.24) is 9.78 Å². The molecule has 1 aromatic carbocycles. The zero-order valence-corrected chi connectivity index (χ0v) is 10.2. The fourth-order valence-corrected chi connectivity index (χ4v) is 2.00. The van der Waals surface area contributed by atoms with Crippen LogP contribution in [0.3, 0.4) is 0 Å². The van der Waals surface area contributed by atoms with Crippen molar-refractivity contribution in [2.45, 2.75) is 19.9 Å². The van der Waals surface area contributed by atoms with Crippen LogP contribution in [0, 0.1) is 17.0 Å². The van der Waals surface area contributed by atoms with Gasteiger partial charge in [0, 0.05) is 0 Å². The summed E-state index contributed by atoms with van der Waals surface area (Å²) in [6, 6.07) is 7.68. The van der Waals surface area contributed by atoms with Crippen molar-refractivity contribution < 1.29 is 4.92 Å². The molecule has 2 aromatic rings. The summed E-state index contributed by atoms with van der Waals surface area (Å²) in [7, 11) is 0. The summed E-state index contributed by atoms with van der Waals surface area (Å²) in [6.45, 7) is 3.90. The van der Waals surface area contributed by atoms with Gasteiger partial charge in [-0.3, -0.25) is 10.1 Å². The summed E-state index contributed by atoms with van der Waals surface area (Å²) in [5.74, 6) is 0.0794. The third-order valence-corrected chi connectivity index (χ3v) is 3.02. The Kier molecular flexibility index (Phi) is 3.01. The molecular formula is C12H14N4O2. The molecule has 0 saturated carbocycles. The van der Waals surface area contributed by atoms with Crippen LogP contribution >= 0.6 is 0 Å². The van der Waals surface area contributed by atoms with Crippen molar-refractivity contribution in [3.63, 3.8) is 0 Å². The smallest absolute Gasteiger partial charge is 0.330 e. The van der Waals surface area contributed by atoms with E-state index in [1.54, 1.807) is 0 Å². The topological polar surface area (TPSA) is 87.0 Å². The van der Waals surface area contributed by atoms with Crippen LogP contribution < -0.4 is 5.73 Å². The summed E-state index contributed by atoms with van der Waals surface area (Å²) in [5, 5.41) is 14.7. The highest BCUT2D eigenvalue weighted by molar-refractivity contribution is 5.52. The van der Waals surface area contributed by atoms with Crippen LogP contribution in [-0.2, 0) is 0 Å². The minimum atomic E-state index is -0.524. The van der Waals surface area contributed by atoms with Crippen LogP contribution in [0.25, 0.3) is 0 Å². The number of nitro groups is 1. The molecule has 94 valence electrons. The van der Waals surface area contributed by atoms with Crippen molar-refractivity contribution in [2.24, 2.45) is 0 Å². The van der Waals surface area contributed by atoms with E-state index in [1.165, 1.54) is 10.9 Å². The number of benzene rings is 1. The number of aryl methyl sites for hydroxylation is 1. The second-order valence-electron chi connectivity index (χ2n) is 4.15. The molecule has 6 heteroatoms. The fourth-order valence-electron chi connectivity index (χ4n) is 2.00. The van der Waals surface area contributed by atoms with Gasteiger partial charge in [-0.25, -0.2) is 4.68 Å². The van der Waals surface area contributed by atoms with Crippen LogP contribution in [0.1, 0.15) is 24.1 Å². The molecule has 0 aliphatic rings. The maximum Gasteiger partial charge on any atom is 0.330 e. The minimum Gasteiger partial charge on any atom is -0.378 e. The molecule has 0 radical (unpaired) electrons. The Morgan fingerprint density at radius 3 is 2.67 bits per heavy atom. The van der Waals surface area contributed by atoms with E-state index in [1.807, 2.05) is 38.1 Å². The first-order chi connectivity index (χ1) is 8.52. The lowest BCUT2D eigenvalue weighted by Gasteiger charge is -2.15. The number of nitrogens with zero attached hydrogens (tertiary/aromatic N) is 3. The highest BCUT2D eigenvalue weighted by Gasteiger charge is 2.21. The molecule has 0 amide bonds. The average molecular weight is 246 g/mol. The van der Waals surface area contributed by atoms with Crippen molar-refractivity contribution >= 4 is 11.5 Å². The van der Waals surface area contributed by atoms with Gasteiger partial charge >= 0.3 is 5.69 Å². The molecular weight excluding hydrogens is 232 g/mol. The van der Waals surface area contributed by atoms with Gasteiger partial charge in [-0.05, 0) is 25.0 Å². The van der Waals surface area contributed by atoms with Gasteiger partial charge in [0.05, 0.1) is 11.0 Å². The Bertz CT molecular complexity index is 592. The monoisotopic (exact) mass is 246 g/mol. The highest BCUT2D eigenvalue weighted by atomic mass is 16.6. The second-order valence-corrected chi connectivity index (χ2v) is 4.15. The number of nitrogen functional groups attached to an aromatic ring is 1. The van der Waals surface area contributed by atoms with E-state index < -0.39 is 4.92 Å². The zero-order chi connectivity index (χ0) is 13.3. The summed E-state index contributed by atoms with van der Waals surface area (Å²) < 4.78 is 1.47. The Labute approximate surface area is 104 Å². The largest absolute Gasteiger partial charge is 0.378 e. The quantitative estimate of drug-likeness (QED) is 0.664. The Morgan fingerprint density at radius 2 is 2.11 bits per heavy atom. The molecule has 18 heavy (non-hydrogen) atoms. The standard InChI is InChI=1S/C12H14N4O2/c1-8-5-3-4-6-10(8)9(2)15-12(13)11(7-14-15)16(17)18/h3-7,9H,13H2,1-2H3. The van der Waals surface area contributed by atoms with E-state index in [0.717, 1.165) is 11.1 Å². The fraction of sp³-hybridized carbons (Fsp3) is 0.250. The summed E-state index contributed by atoms with van der Waals surface area (Å²) in [4.78, 5) is 10.2. The first-order valence-corrected chi connectivity index (χ1v) is 5.55. The van der Waals surface area contributed by atoms with Gasteiger partial charge in [0.15, 0.2) is 0 Å². The summed E-state index contributed by atoms with van der Waals surface area (Å²) >= 11 is 0. The van der Waals surface area contributed by atoms with Gasteiger partial charge in [-0.2, -0.15) is 5.10 Å². The normalized spacial score (nSPS) is 12.3.